The van der Waals surface area contributed by atoms with Gasteiger partial charge in [0.1, 0.15) is 10.8 Å². The summed E-state index contributed by atoms with van der Waals surface area (Å²) in [7, 11) is 1.98. The maximum Gasteiger partial charge on any atom is 0.129 e. The summed E-state index contributed by atoms with van der Waals surface area (Å²) in [4.78, 5) is 11.0. The van der Waals surface area contributed by atoms with Crippen molar-refractivity contribution < 1.29 is 0 Å². The van der Waals surface area contributed by atoms with Crippen LogP contribution in [0.15, 0.2) is 36.7 Å². The molecule has 0 aliphatic carbocycles. The molecule has 2 rings (SSSR count). The summed E-state index contributed by atoms with van der Waals surface area (Å²) in [6.45, 7) is 2.67. The molecule has 0 aliphatic rings. The van der Waals surface area contributed by atoms with E-state index in [4.69, 9.17) is 18.0 Å². The van der Waals surface area contributed by atoms with E-state index in [1.807, 2.05) is 49.3 Å². The summed E-state index contributed by atoms with van der Waals surface area (Å²) in [5.41, 5.74) is 8.55. The van der Waals surface area contributed by atoms with Gasteiger partial charge in [-0.05, 0) is 30.7 Å². The monoisotopic (exact) mass is 272 g/mol. The summed E-state index contributed by atoms with van der Waals surface area (Å²) in [6.07, 6.45) is 3.61. The van der Waals surface area contributed by atoms with Gasteiger partial charge in [0.15, 0.2) is 0 Å². The highest BCUT2D eigenvalue weighted by Gasteiger charge is 2.07. The second kappa shape index (κ2) is 5.75. The van der Waals surface area contributed by atoms with Crippen LogP contribution in [0.1, 0.15) is 16.8 Å². The quantitative estimate of drug-likeness (QED) is 0.863. The molecule has 2 heterocycles. The SMILES string of the molecule is Cc1cc(C(N)=S)cc(N(C)Cc2cccnc2)n1. The summed E-state index contributed by atoms with van der Waals surface area (Å²) < 4.78 is 0. The zero-order chi connectivity index (χ0) is 13.8. The normalized spacial score (nSPS) is 10.2. The van der Waals surface area contributed by atoms with Crippen molar-refractivity contribution in [3.63, 3.8) is 0 Å². The molecule has 0 amide bonds. The largest absolute Gasteiger partial charge is 0.389 e. The minimum Gasteiger partial charge on any atom is -0.389 e. The molecule has 98 valence electrons. The zero-order valence-electron chi connectivity index (χ0n) is 11.0. The standard InChI is InChI=1S/C14H16N4S/c1-10-6-12(14(15)19)7-13(17-10)18(2)9-11-4-3-5-16-8-11/h3-8H,9H2,1-2H3,(H2,15,19). The predicted octanol–water partition coefficient (Wildman–Crippen LogP) is 2.06. The van der Waals surface area contributed by atoms with E-state index in [1.165, 1.54) is 0 Å². The highest BCUT2D eigenvalue weighted by atomic mass is 32.1. The first-order valence-electron chi connectivity index (χ1n) is 5.95. The number of nitrogens with zero attached hydrogens (tertiary/aromatic N) is 3. The number of pyridine rings is 2. The highest BCUT2D eigenvalue weighted by Crippen LogP contribution is 2.16. The lowest BCUT2D eigenvalue weighted by Crippen LogP contribution is -2.19. The third-order valence-electron chi connectivity index (χ3n) is 2.76. The van der Waals surface area contributed by atoms with E-state index >= 15 is 0 Å². The van der Waals surface area contributed by atoms with Gasteiger partial charge in [-0.1, -0.05) is 18.3 Å². The average Bonchev–Trinajstić information content (AvgIpc) is 2.39. The van der Waals surface area contributed by atoms with E-state index in [1.54, 1.807) is 6.20 Å². The maximum absolute atomic E-state index is 5.68. The number of aryl methyl sites for hydroxylation is 1. The van der Waals surface area contributed by atoms with Gasteiger partial charge in [-0.2, -0.15) is 0 Å². The Morgan fingerprint density at radius 2 is 2.21 bits per heavy atom. The molecule has 2 aromatic heterocycles. The molecule has 0 unspecified atom stereocenters. The molecule has 2 aromatic rings. The molecule has 0 fully saturated rings. The van der Waals surface area contributed by atoms with Crippen molar-refractivity contribution in [2.45, 2.75) is 13.5 Å². The Morgan fingerprint density at radius 1 is 1.42 bits per heavy atom. The van der Waals surface area contributed by atoms with Crippen molar-refractivity contribution in [2.75, 3.05) is 11.9 Å². The minimum absolute atomic E-state index is 0.390. The fourth-order valence-corrected chi connectivity index (χ4v) is 1.95. The van der Waals surface area contributed by atoms with E-state index in [9.17, 15) is 0 Å². The lowest BCUT2D eigenvalue weighted by Gasteiger charge is -2.19. The molecule has 0 radical (unpaired) electrons. The molecular weight excluding hydrogens is 256 g/mol. The Labute approximate surface area is 118 Å². The molecule has 4 nitrogen and oxygen atoms in total. The molecule has 0 saturated heterocycles. The van der Waals surface area contributed by atoms with Gasteiger partial charge >= 0.3 is 0 Å². The Balaban J connectivity index is 2.24. The first kappa shape index (κ1) is 13.4. The third-order valence-corrected chi connectivity index (χ3v) is 2.99. The molecule has 0 bridgehead atoms. The fourth-order valence-electron chi connectivity index (χ4n) is 1.84. The lowest BCUT2D eigenvalue weighted by atomic mass is 10.2. The predicted molar refractivity (Wildman–Crippen MR) is 81.2 cm³/mol. The number of nitrogens with two attached hydrogens (primary N) is 1. The third kappa shape index (κ3) is 3.48. The average molecular weight is 272 g/mol. The topological polar surface area (TPSA) is 55.0 Å². The molecule has 0 aliphatic heterocycles. The number of rotatable bonds is 4. The van der Waals surface area contributed by atoms with Gasteiger partial charge < -0.3 is 10.6 Å². The molecule has 0 saturated carbocycles. The maximum atomic E-state index is 5.68. The van der Waals surface area contributed by atoms with Crippen LogP contribution in [0.4, 0.5) is 5.82 Å². The zero-order valence-corrected chi connectivity index (χ0v) is 11.8. The smallest absolute Gasteiger partial charge is 0.129 e. The van der Waals surface area contributed by atoms with Crippen LogP contribution in [0.2, 0.25) is 0 Å². The molecule has 2 N–H and O–H groups in total. The summed E-state index contributed by atoms with van der Waals surface area (Å²) >= 11 is 5.02. The van der Waals surface area contributed by atoms with Crippen LogP contribution in [0.25, 0.3) is 0 Å². The second-order valence-corrected chi connectivity index (χ2v) is 4.88. The van der Waals surface area contributed by atoms with E-state index < -0.39 is 0 Å². The van der Waals surface area contributed by atoms with Crippen molar-refractivity contribution in [1.82, 2.24) is 9.97 Å². The number of hydrogen-bond donors (Lipinski definition) is 1. The van der Waals surface area contributed by atoms with Crippen molar-refractivity contribution in [2.24, 2.45) is 5.73 Å². The van der Waals surface area contributed by atoms with Crippen LogP contribution < -0.4 is 10.6 Å². The molecule has 0 spiro atoms. The fraction of sp³-hybridized carbons (Fsp3) is 0.214. The van der Waals surface area contributed by atoms with Gasteiger partial charge in [-0.15, -0.1) is 0 Å². The molecule has 0 atom stereocenters. The highest BCUT2D eigenvalue weighted by molar-refractivity contribution is 7.80. The van der Waals surface area contributed by atoms with Crippen LogP contribution in [-0.4, -0.2) is 22.0 Å². The van der Waals surface area contributed by atoms with Crippen LogP contribution in [-0.2, 0) is 6.54 Å². The first-order chi connectivity index (χ1) is 9.06. The minimum atomic E-state index is 0.390. The van der Waals surface area contributed by atoms with Gasteiger partial charge in [0.25, 0.3) is 0 Å². The second-order valence-electron chi connectivity index (χ2n) is 4.44. The number of thiocarbonyl (C=S) groups is 1. The molecule has 19 heavy (non-hydrogen) atoms. The lowest BCUT2D eigenvalue weighted by molar-refractivity contribution is 0.886. The van der Waals surface area contributed by atoms with E-state index in [0.29, 0.717) is 4.99 Å². The molecular formula is C14H16N4S. The van der Waals surface area contributed by atoms with Crippen molar-refractivity contribution in [3.8, 4) is 0 Å². The van der Waals surface area contributed by atoms with Gasteiger partial charge in [0.05, 0.1) is 0 Å². The Morgan fingerprint density at radius 3 is 2.84 bits per heavy atom. The molecule has 0 aromatic carbocycles. The van der Waals surface area contributed by atoms with Crippen molar-refractivity contribution in [1.29, 1.82) is 0 Å². The van der Waals surface area contributed by atoms with Crippen LogP contribution in [0, 0.1) is 6.92 Å². The summed E-state index contributed by atoms with van der Waals surface area (Å²) in [6, 6.07) is 7.76. The van der Waals surface area contributed by atoms with Gasteiger partial charge in [0, 0.05) is 37.2 Å². The van der Waals surface area contributed by atoms with Crippen molar-refractivity contribution in [3.05, 3.63) is 53.5 Å². The van der Waals surface area contributed by atoms with E-state index in [0.717, 1.165) is 29.2 Å². The first-order valence-corrected chi connectivity index (χ1v) is 6.35. The Bertz CT molecular complexity index is 583. The molecule has 5 heteroatoms. The Hall–Kier alpha value is -2.01. The van der Waals surface area contributed by atoms with Crippen LogP contribution in [0.3, 0.4) is 0 Å². The van der Waals surface area contributed by atoms with Gasteiger partial charge in [-0.3, -0.25) is 4.98 Å². The summed E-state index contributed by atoms with van der Waals surface area (Å²) in [5, 5.41) is 0. The summed E-state index contributed by atoms with van der Waals surface area (Å²) in [5.74, 6) is 0.853. The van der Waals surface area contributed by atoms with E-state index in [-0.39, 0.29) is 0 Å². The van der Waals surface area contributed by atoms with Crippen LogP contribution in [0.5, 0.6) is 0 Å². The van der Waals surface area contributed by atoms with E-state index in [2.05, 4.69) is 9.97 Å². The van der Waals surface area contributed by atoms with Crippen LogP contribution >= 0.6 is 12.2 Å². The van der Waals surface area contributed by atoms with Crippen molar-refractivity contribution >= 4 is 23.0 Å². The van der Waals surface area contributed by atoms with Gasteiger partial charge in [-0.25, -0.2) is 4.98 Å². The Kier molecular flexibility index (Phi) is 4.06. The number of aromatic nitrogens is 2. The number of hydrogen-bond acceptors (Lipinski definition) is 4. The van der Waals surface area contributed by atoms with Gasteiger partial charge in [0.2, 0.25) is 0 Å². The number of anilines is 1.